The Bertz CT molecular complexity index is 1390. The Labute approximate surface area is 180 Å². The number of rotatable bonds is 5. The van der Waals surface area contributed by atoms with Gasteiger partial charge in [0.15, 0.2) is 20.8 Å². The smallest absolute Gasteiger partial charge is 0.261 e. The molecule has 0 saturated carbocycles. The molecule has 0 aliphatic heterocycles. The highest BCUT2D eigenvalue weighted by molar-refractivity contribution is 7.90. The molecule has 0 bridgehead atoms. The summed E-state index contributed by atoms with van der Waals surface area (Å²) in [5, 5.41) is 0.0958. The van der Waals surface area contributed by atoms with Gasteiger partial charge < -0.3 is 0 Å². The largest absolute Gasteiger partial charge is 0.278 e. The molecule has 1 amide bonds. The fraction of sp³-hybridized carbons (Fsp3) is 0.0952. The first kappa shape index (κ1) is 21.0. The van der Waals surface area contributed by atoms with Crippen LogP contribution in [0.4, 0.5) is 13.9 Å². The van der Waals surface area contributed by atoms with Gasteiger partial charge in [0.25, 0.3) is 5.91 Å². The van der Waals surface area contributed by atoms with Gasteiger partial charge in [-0.1, -0.05) is 29.5 Å². The summed E-state index contributed by atoms with van der Waals surface area (Å²) in [4.78, 5) is 23.0. The number of nitrogens with zero attached hydrogens (tertiary/aromatic N) is 3. The van der Waals surface area contributed by atoms with E-state index in [1.54, 1.807) is 30.5 Å². The molecular weight excluding hydrogens is 444 g/mol. The zero-order valence-electron chi connectivity index (χ0n) is 16.1. The van der Waals surface area contributed by atoms with Gasteiger partial charge in [0.1, 0.15) is 11.3 Å². The van der Waals surface area contributed by atoms with E-state index < -0.39 is 27.4 Å². The Kier molecular flexibility index (Phi) is 5.50. The second-order valence-electron chi connectivity index (χ2n) is 6.71. The summed E-state index contributed by atoms with van der Waals surface area (Å²) in [5.74, 6) is -2.25. The van der Waals surface area contributed by atoms with E-state index in [1.807, 2.05) is 0 Å². The van der Waals surface area contributed by atoms with Crippen molar-refractivity contribution in [1.82, 2.24) is 9.97 Å². The van der Waals surface area contributed by atoms with Crippen LogP contribution in [0.5, 0.6) is 0 Å². The summed E-state index contributed by atoms with van der Waals surface area (Å²) in [7, 11) is -3.69. The van der Waals surface area contributed by atoms with Gasteiger partial charge in [0.05, 0.1) is 27.4 Å². The lowest BCUT2D eigenvalue weighted by atomic mass is 10.2. The average molecular weight is 459 g/mol. The lowest BCUT2D eigenvalue weighted by Crippen LogP contribution is -2.31. The van der Waals surface area contributed by atoms with Gasteiger partial charge in [-0.25, -0.2) is 22.2 Å². The van der Waals surface area contributed by atoms with E-state index in [-0.39, 0.29) is 32.4 Å². The maximum Gasteiger partial charge on any atom is 0.261 e. The van der Waals surface area contributed by atoms with Crippen LogP contribution in [0.25, 0.3) is 10.2 Å². The van der Waals surface area contributed by atoms with Crippen molar-refractivity contribution < 1.29 is 22.0 Å². The minimum Gasteiger partial charge on any atom is -0.278 e. The number of pyridine rings is 1. The van der Waals surface area contributed by atoms with E-state index in [1.165, 1.54) is 23.1 Å². The first-order valence-corrected chi connectivity index (χ1v) is 11.7. The third-order valence-corrected chi connectivity index (χ3v) is 6.62. The average Bonchev–Trinajstić information content (AvgIpc) is 3.16. The third kappa shape index (κ3) is 4.30. The zero-order valence-corrected chi connectivity index (χ0v) is 17.8. The van der Waals surface area contributed by atoms with Gasteiger partial charge in [-0.15, -0.1) is 0 Å². The van der Waals surface area contributed by atoms with Crippen molar-refractivity contribution in [3.63, 3.8) is 0 Å². The maximum absolute atomic E-state index is 14.2. The molecule has 158 valence electrons. The summed E-state index contributed by atoms with van der Waals surface area (Å²) in [6.45, 7) is -0.0400. The van der Waals surface area contributed by atoms with E-state index in [4.69, 9.17) is 0 Å². The van der Waals surface area contributed by atoms with Gasteiger partial charge in [-0.05, 0) is 30.3 Å². The van der Waals surface area contributed by atoms with Crippen LogP contribution in [-0.4, -0.2) is 30.5 Å². The Morgan fingerprint density at radius 3 is 2.55 bits per heavy atom. The number of hydrogen-bond acceptors (Lipinski definition) is 6. The van der Waals surface area contributed by atoms with Crippen molar-refractivity contribution in [1.29, 1.82) is 0 Å². The lowest BCUT2D eigenvalue weighted by Gasteiger charge is -2.20. The number of benzene rings is 2. The highest BCUT2D eigenvalue weighted by Crippen LogP contribution is 2.33. The number of hydrogen-bond donors (Lipinski definition) is 0. The molecule has 0 aliphatic carbocycles. The number of amides is 1. The van der Waals surface area contributed by atoms with E-state index >= 15 is 0 Å². The normalized spacial score (nSPS) is 11.6. The molecule has 0 atom stereocenters. The predicted molar refractivity (Wildman–Crippen MR) is 114 cm³/mol. The fourth-order valence-corrected chi connectivity index (χ4v) is 4.94. The quantitative estimate of drug-likeness (QED) is 0.446. The van der Waals surface area contributed by atoms with Crippen molar-refractivity contribution in [3.05, 3.63) is 83.7 Å². The van der Waals surface area contributed by atoms with Gasteiger partial charge in [0, 0.05) is 18.5 Å². The highest BCUT2D eigenvalue weighted by atomic mass is 32.2. The van der Waals surface area contributed by atoms with Crippen molar-refractivity contribution >= 4 is 42.4 Å². The molecule has 2 heterocycles. The third-order valence-electron chi connectivity index (χ3n) is 4.44. The maximum atomic E-state index is 14.2. The van der Waals surface area contributed by atoms with Gasteiger partial charge in [-0.3, -0.25) is 14.7 Å². The first-order valence-electron chi connectivity index (χ1n) is 9.00. The van der Waals surface area contributed by atoms with Crippen LogP contribution >= 0.6 is 11.3 Å². The van der Waals surface area contributed by atoms with Gasteiger partial charge in [0.2, 0.25) is 0 Å². The lowest BCUT2D eigenvalue weighted by molar-refractivity contribution is 0.0981. The molecule has 2 aromatic heterocycles. The molecular formula is C21H15F2N3O3S2. The number of carbonyl (C=O) groups excluding carboxylic acids is 1. The van der Waals surface area contributed by atoms with Crippen LogP contribution in [0.1, 0.15) is 16.1 Å². The van der Waals surface area contributed by atoms with Crippen molar-refractivity contribution in [3.8, 4) is 0 Å². The number of halogens is 2. The van der Waals surface area contributed by atoms with E-state index in [0.717, 1.165) is 29.7 Å². The minimum absolute atomic E-state index is 0.0400. The number of fused-ring (bicyclic) bond motifs is 1. The summed E-state index contributed by atoms with van der Waals surface area (Å²) < 4.78 is 52.5. The second kappa shape index (κ2) is 8.12. The molecule has 0 spiro atoms. The molecule has 0 aliphatic rings. The Hall–Kier alpha value is -3.24. The summed E-state index contributed by atoms with van der Waals surface area (Å²) in [5.41, 5.74) is 0.391. The molecule has 10 heteroatoms. The number of anilines is 1. The van der Waals surface area contributed by atoms with Crippen LogP contribution in [0.15, 0.2) is 65.7 Å². The number of aromatic nitrogens is 2. The Morgan fingerprint density at radius 1 is 1.10 bits per heavy atom. The molecule has 0 radical (unpaired) electrons. The number of carbonyl (C=O) groups is 1. The molecule has 2 aromatic carbocycles. The van der Waals surface area contributed by atoms with Gasteiger partial charge >= 0.3 is 0 Å². The van der Waals surface area contributed by atoms with Crippen LogP contribution in [0, 0.1) is 11.6 Å². The molecule has 0 unspecified atom stereocenters. The summed E-state index contributed by atoms with van der Waals surface area (Å²) >= 11 is 0.926. The molecule has 31 heavy (non-hydrogen) atoms. The molecule has 6 nitrogen and oxygen atoms in total. The monoisotopic (exact) mass is 459 g/mol. The Balaban J connectivity index is 1.87. The zero-order chi connectivity index (χ0) is 22.2. The minimum atomic E-state index is -3.69. The Morgan fingerprint density at radius 2 is 1.84 bits per heavy atom. The fourth-order valence-electron chi connectivity index (χ4n) is 3.05. The SMILES string of the molecule is CS(=O)(=O)c1ccccc1C(=O)N(Cc1ccccn1)c1nc2c(F)cc(F)cc2s1. The molecule has 4 aromatic rings. The van der Waals surface area contributed by atoms with Crippen LogP contribution in [0.2, 0.25) is 0 Å². The number of thiazole rings is 1. The van der Waals surface area contributed by atoms with E-state index in [9.17, 15) is 22.0 Å². The summed E-state index contributed by atoms with van der Waals surface area (Å²) in [6.07, 6.45) is 2.56. The second-order valence-corrected chi connectivity index (χ2v) is 9.70. The summed E-state index contributed by atoms with van der Waals surface area (Å²) in [6, 6.07) is 12.8. The van der Waals surface area contributed by atoms with Gasteiger partial charge in [-0.2, -0.15) is 0 Å². The molecule has 0 saturated heterocycles. The van der Waals surface area contributed by atoms with E-state index in [0.29, 0.717) is 5.69 Å². The van der Waals surface area contributed by atoms with Crippen molar-refractivity contribution in [2.45, 2.75) is 11.4 Å². The molecule has 0 fully saturated rings. The van der Waals surface area contributed by atoms with E-state index in [2.05, 4.69) is 9.97 Å². The van der Waals surface area contributed by atoms with Crippen LogP contribution in [0.3, 0.4) is 0 Å². The van der Waals surface area contributed by atoms with Crippen LogP contribution in [-0.2, 0) is 16.4 Å². The molecule has 4 rings (SSSR count). The standard InChI is InChI=1S/C21H15F2N3O3S2/c1-31(28,29)18-8-3-2-7-15(18)20(27)26(12-14-6-4-5-9-24-14)21-25-19-16(23)10-13(22)11-17(19)30-21/h2-11H,12H2,1H3. The first-order chi connectivity index (χ1) is 14.7. The number of sulfone groups is 1. The van der Waals surface area contributed by atoms with Crippen LogP contribution < -0.4 is 4.90 Å². The highest BCUT2D eigenvalue weighted by Gasteiger charge is 2.27. The topological polar surface area (TPSA) is 80.2 Å². The predicted octanol–water partition coefficient (Wildman–Crippen LogP) is 4.22. The van der Waals surface area contributed by atoms with Crippen molar-refractivity contribution in [2.75, 3.05) is 11.2 Å². The van der Waals surface area contributed by atoms with Crippen molar-refractivity contribution in [2.24, 2.45) is 0 Å². The molecule has 0 N–H and O–H groups in total.